The molecule has 0 aliphatic heterocycles. The molecule has 5 heteroatoms. The van der Waals surface area contributed by atoms with Gasteiger partial charge in [0, 0.05) is 12.0 Å². The first-order valence-corrected chi connectivity index (χ1v) is 5.79. The molecule has 0 unspecified atom stereocenters. The van der Waals surface area contributed by atoms with Crippen molar-refractivity contribution in [3.05, 3.63) is 35.7 Å². The zero-order valence-corrected chi connectivity index (χ0v) is 10.5. The van der Waals surface area contributed by atoms with Crippen molar-refractivity contribution in [2.75, 3.05) is 0 Å². The summed E-state index contributed by atoms with van der Waals surface area (Å²) in [6.07, 6.45) is 0.301. The standard InChI is InChI=1S/C13H16FN3O/c1-13(2,14)7-9-5-3-4-6-10(9)12-16-11(8-15)18-17-12/h3-6H,7-8,15H2,1-2H3. The molecular weight excluding hydrogens is 233 g/mol. The lowest BCUT2D eigenvalue weighted by Crippen LogP contribution is -2.16. The van der Waals surface area contributed by atoms with Crippen molar-refractivity contribution < 1.29 is 8.91 Å². The van der Waals surface area contributed by atoms with E-state index in [0.717, 1.165) is 11.1 Å². The van der Waals surface area contributed by atoms with Crippen molar-refractivity contribution in [2.24, 2.45) is 5.73 Å². The number of hydrogen-bond donors (Lipinski definition) is 1. The summed E-state index contributed by atoms with van der Waals surface area (Å²) in [5.74, 6) is 0.828. The molecule has 2 rings (SSSR count). The van der Waals surface area contributed by atoms with Crippen LogP contribution >= 0.6 is 0 Å². The molecule has 2 aromatic rings. The van der Waals surface area contributed by atoms with Crippen LogP contribution in [0.3, 0.4) is 0 Å². The minimum atomic E-state index is -1.28. The van der Waals surface area contributed by atoms with Crippen molar-refractivity contribution >= 4 is 0 Å². The zero-order valence-electron chi connectivity index (χ0n) is 10.5. The first-order chi connectivity index (χ1) is 8.49. The summed E-state index contributed by atoms with van der Waals surface area (Å²) < 4.78 is 18.7. The average molecular weight is 249 g/mol. The molecule has 18 heavy (non-hydrogen) atoms. The molecule has 1 heterocycles. The third-order valence-electron chi connectivity index (χ3n) is 2.51. The fourth-order valence-electron chi connectivity index (χ4n) is 1.79. The van der Waals surface area contributed by atoms with Crippen molar-refractivity contribution in [1.82, 2.24) is 10.1 Å². The molecule has 0 fully saturated rings. The van der Waals surface area contributed by atoms with E-state index in [1.54, 1.807) is 13.8 Å². The van der Waals surface area contributed by atoms with Crippen molar-refractivity contribution in [2.45, 2.75) is 32.5 Å². The highest BCUT2D eigenvalue weighted by Gasteiger charge is 2.20. The lowest BCUT2D eigenvalue weighted by atomic mass is 9.96. The molecule has 0 bridgehead atoms. The van der Waals surface area contributed by atoms with E-state index in [2.05, 4.69) is 10.1 Å². The molecule has 0 spiro atoms. The van der Waals surface area contributed by atoms with Gasteiger partial charge in [0.25, 0.3) is 0 Å². The predicted molar refractivity (Wildman–Crippen MR) is 66.5 cm³/mol. The maximum Gasteiger partial charge on any atom is 0.240 e. The van der Waals surface area contributed by atoms with Crippen molar-refractivity contribution in [3.8, 4) is 11.4 Å². The van der Waals surface area contributed by atoms with Gasteiger partial charge in [-0.2, -0.15) is 4.98 Å². The molecule has 1 aromatic heterocycles. The average Bonchev–Trinajstić information content (AvgIpc) is 2.76. The number of nitrogens with zero attached hydrogens (tertiary/aromatic N) is 2. The summed E-state index contributed by atoms with van der Waals surface area (Å²) in [5, 5.41) is 3.86. The van der Waals surface area contributed by atoms with Gasteiger partial charge in [-0.1, -0.05) is 29.4 Å². The Bertz CT molecular complexity index is 531. The fraction of sp³-hybridized carbons (Fsp3) is 0.385. The van der Waals surface area contributed by atoms with Gasteiger partial charge in [-0.3, -0.25) is 0 Å². The van der Waals surface area contributed by atoms with E-state index in [1.165, 1.54) is 0 Å². The second-order valence-corrected chi connectivity index (χ2v) is 4.77. The number of halogens is 1. The Hall–Kier alpha value is -1.75. The summed E-state index contributed by atoms with van der Waals surface area (Å²) in [6, 6.07) is 7.46. The Labute approximate surface area is 105 Å². The Balaban J connectivity index is 2.38. The number of hydrogen-bond acceptors (Lipinski definition) is 4. The molecule has 0 atom stereocenters. The highest BCUT2D eigenvalue weighted by molar-refractivity contribution is 5.59. The van der Waals surface area contributed by atoms with Crippen LogP contribution in [-0.2, 0) is 13.0 Å². The molecule has 0 aliphatic rings. The largest absolute Gasteiger partial charge is 0.338 e. The van der Waals surface area contributed by atoms with Gasteiger partial charge >= 0.3 is 0 Å². The Morgan fingerprint density at radius 3 is 2.67 bits per heavy atom. The molecule has 4 nitrogen and oxygen atoms in total. The van der Waals surface area contributed by atoms with Gasteiger partial charge in [-0.25, -0.2) is 4.39 Å². The maximum atomic E-state index is 13.8. The first-order valence-electron chi connectivity index (χ1n) is 5.79. The summed E-state index contributed by atoms with van der Waals surface area (Å²) in [7, 11) is 0. The van der Waals surface area contributed by atoms with E-state index >= 15 is 0 Å². The van der Waals surface area contributed by atoms with Gasteiger partial charge in [-0.15, -0.1) is 0 Å². The second-order valence-electron chi connectivity index (χ2n) is 4.77. The minimum absolute atomic E-state index is 0.198. The van der Waals surface area contributed by atoms with Gasteiger partial charge in [0.1, 0.15) is 5.67 Å². The normalized spacial score (nSPS) is 11.8. The van der Waals surface area contributed by atoms with E-state index in [1.807, 2.05) is 24.3 Å². The van der Waals surface area contributed by atoms with Gasteiger partial charge in [0.2, 0.25) is 11.7 Å². The maximum absolute atomic E-state index is 13.8. The molecule has 1 aromatic carbocycles. The summed E-state index contributed by atoms with van der Waals surface area (Å²) >= 11 is 0. The van der Waals surface area contributed by atoms with E-state index < -0.39 is 5.67 Å². The molecule has 96 valence electrons. The molecule has 0 saturated heterocycles. The van der Waals surface area contributed by atoms with Crippen LogP contribution in [0.5, 0.6) is 0 Å². The lowest BCUT2D eigenvalue weighted by Gasteiger charge is -2.15. The Kier molecular flexibility index (Phi) is 3.43. The third kappa shape index (κ3) is 2.92. The topological polar surface area (TPSA) is 64.9 Å². The van der Waals surface area contributed by atoms with E-state index in [4.69, 9.17) is 10.3 Å². The van der Waals surface area contributed by atoms with E-state index in [9.17, 15) is 4.39 Å². The van der Waals surface area contributed by atoms with E-state index in [0.29, 0.717) is 18.1 Å². The monoisotopic (exact) mass is 249 g/mol. The van der Waals surface area contributed by atoms with Gasteiger partial charge in [0.15, 0.2) is 0 Å². The Morgan fingerprint density at radius 2 is 2.06 bits per heavy atom. The fourth-order valence-corrected chi connectivity index (χ4v) is 1.79. The number of nitrogens with two attached hydrogens (primary N) is 1. The summed E-state index contributed by atoms with van der Waals surface area (Å²) in [4.78, 5) is 4.16. The zero-order chi connectivity index (χ0) is 13.2. The summed E-state index contributed by atoms with van der Waals surface area (Å²) in [5.41, 5.74) is 5.78. The van der Waals surface area contributed by atoms with Crippen LogP contribution in [0.2, 0.25) is 0 Å². The van der Waals surface area contributed by atoms with Crippen LogP contribution < -0.4 is 5.73 Å². The minimum Gasteiger partial charge on any atom is -0.338 e. The van der Waals surface area contributed by atoms with Crippen molar-refractivity contribution in [3.63, 3.8) is 0 Å². The predicted octanol–water partition coefficient (Wildman–Crippen LogP) is 2.49. The van der Waals surface area contributed by atoms with Crippen LogP contribution in [0.25, 0.3) is 11.4 Å². The van der Waals surface area contributed by atoms with Gasteiger partial charge in [0.05, 0.1) is 6.54 Å². The molecule has 2 N–H and O–H groups in total. The SMILES string of the molecule is CC(C)(F)Cc1ccccc1-c1noc(CN)n1. The summed E-state index contributed by atoms with van der Waals surface area (Å²) in [6.45, 7) is 3.29. The number of rotatable bonds is 4. The molecule has 0 aliphatic carbocycles. The molecule has 0 radical (unpaired) electrons. The van der Waals surface area contributed by atoms with Crippen LogP contribution in [0.15, 0.2) is 28.8 Å². The smallest absolute Gasteiger partial charge is 0.240 e. The first kappa shape index (κ1) is 12.7. The highest BCUT2D eigenvalue weighted by atomic mass is 19.1. The highest BCUT2D eigenvalue weighted by Crippen LogP contribution is 2.25. The third-order valence-corrected chi connectivity index (χ3v) is 2.51. The van der Waals surface area contributed by atoms with Gasteiger partial charge in [-0.05, 0) is 19.4 Å². The molecule has 0 saturated carbocycles. The van der Waals surface area contributed by atoms with Crippen LogP contribution in [0.4, 0.5) is 4.39 Å². The van der Waals surface area contributed by atoms with Crippen molar-refractivity contribution in [1.29, 1.82) is 0 Å². The van der Waals surface area contributed by atoms with Gasteiger partial charge < -0.3 is 10.3 Å². The van der Waals surface area contributed by atoms with Crippen LogP contribution in [-0.4, -0.2) is 15.8 Å². The van der Waals surface area contributed by atoms with Crippen LogP contribution in [0.1, 0.15) is 25.3 Å². The number of benzene rings is 1. The quantitative estimate of drug-likeness (QED) is 0.904. The van der Waals surface area contributed by atoms with E-state index in [-0.39, 0.29) is 6.54 Å². The molecule has 0 amide bonds. The Morgan fingerprint density at radius 1 is 1.33 bits per heavy atom. The lowest BCUT2D eigenvalue weighted by molar-refractivity contribution is 0.217. The second kappa shape index (κ2) is 4.86. The molecular formula is C13H16FN3O. The number of aromatic nitrogens is 2. The van der Waals surface area contributed by atoms with Crippen LogP contribution in [0, 0.1) is 0 Å². The number of alkyl halides is 1.